The maximum Gasteiger partial charge on any atom is 0.171 e. The van der Waals surface area contributed by atoms with E-state index in [1.165, 1.54) is 6.92 Å². The SMILES string of the molecule is CCS(=O)(=O)/C=C/C[O]. The van der Waals surface area contributed by atoms with E-state index in [1.54, 1.807) is 0 Å². The van der Waals surface area contributed by atoms with E-state index in [0.29, 0.717) is 0 Å². The molecular formula is C5H9O3S. The van der Waals surface area contributed by atoms with Gasteiger partial charge in [0.1, 0.15) is 6.61 Å². The molecule has 0 aliphatic carbocycles. The van der Waals surface area contributed by atoms with Crippen LogP contribution in [0.25, 0.3) is 0 Å². The first-order valence-electron chi connectivity index (χ1n) is 2.60. The first-order chi connectivity index (χ1) is 4.12. The zero-order valence-corrected chi connectivity index (χ0v) is 6.02. The molecule has 0 N–H and O–H groups in total. The lowest BCUT2D eigenvalue weighted by molar-refractivity contribution is 0.232. The van der Waals surface area contributed by atoms with Gasteiger partial charge in [0.2, 0.25) is 0 Å². The van der Waals surface area contributed by atoms with Crippen LogP contribution in [0.3, 0.4) is 0 Å². The Labute approximate surface area is 54.9 Å². The third kappa shape index (κ3) is 4.17. The lowest BCUT2D eigenvalue weighted by Crippen LogP contribution is -1.97. The molecule has 0 aromatic heterocycles. The van der Waals surface area contributed by atoms with E-state index in [4.69, 9.17) is 0 Å². The van der Waals surface area contributed by atoms with Crippen molar-refractivity contribution in [2.45, 2.75) is 6.92 Å². The van der Waals surface area contributed by atoms with Crippen molar-refractivity contribution in [3.63, 3.8) is 0 Å². The topological polar surface area (TPSA) is 54.0 Å². The Morgan fingerprint density at radius 2 is 2.00 bits per heavy atom. The van der Waals surface area contributed by atoms with Gasteiger partial charge in [0.05, 0.1) is 5.75 Å². The average molecular weight is 149 g/mol. The molecule has 0 spiro atoms. The quantitative estimate of drug-likeness (QED) is 0.582. The second-order valence-electron chi connectivity index (χ2n) is 1.49. The molecule has 1 radical (unpaired) electrons. The number of sulfone groups is 1. The van der Waals surface area contributed by atoms with Crippen LogP contribution < -0.4 is 0 Å². The fourth-order valence-electron chi connectivity index (χ4n) is 0.282. The highest BCUT2D eigenvalue weighted by Gasteiger charge is 1.97. The summed E-state index contributed by atoms with van der Waals surface area (Å²) in [5.41, 5.74) is 0. The molecular weight excluding hydrogens is 140 g/mol. The normalized spacial score (nSPS) is 12.7. The molecule has 0 saturated heterocycles. The van der Waals surface area contributed by atoms with Gasteiger partial charge in [-0.15, -0.1) is 0 Å². The van der Waals surface area contributed by atoms with Crippen LogP contribution in [0.15, 0.2) is 11.5 Å². The van der Waals surface area contributed by atoms with Crippen molar-refractivity contribution in [1.29, 1.82) is 0 Å². The van der Waals surface area contributed by atoms with Crippen molar-refractivity contribution in [1.82, 2.24) is 0 Å². The van der Waals surface area contributed by atoms with Crippen LogP contribution in [0.4, 0.5) is 0 Å². The molecule has 0 amide bonds. The Morgan fingerprint density at radius 3 is 2.33 bits per heavy atom. The van der Waals surface area contributed by atoms with Gasteiger partial charge in [-0.2, -0.15) is 0 Å². The first-order valence-corrected chi connectivity index (χ1v) is 4.31. The lowest BCUT2D eigenvalue weighted by atomic mass is 10.7. The van der Waals surface area contributed by atoms with Crippen molar-refractivity contribution in [2.75, 3.05) is 12.4 Å². The van der Waals surface area contributed by atoms with E-state index < -0.39 is 16.4 Å². The van der Waals surface area contributed by atoms with Gasteiger partial charge in [0.25, 0.3) is 0 Å². The summed E-state index contributed by atoms with van der Waals surface area (Å²) in [5.74, 6) is 0.0590. The minimum absolute atomic E-state index is 0.0590. The van der Waals surface area contributed by atoms with Gasteiger partial charge in [0.15, 0.2) is 9.84 Å². The van der Waals surface area contributed by atoms with Crippen molar-refractivity contribution < 1.29 is 13.5 Å². The van der Waals surface area contributed by atoms with Crippen molar-refractivity contribution in [3.8, 4) is 0 Å². The van der Waals surface area contributed by atoms with E-state index in [-0.39, 0.29) is 5.75 Å². The van der Waals surface area contributed by atoms with E-state index in [2.05, 4.69) is 0 Å². The van der Waals surface area contributed by atoms with Gasteiger partial charge in [0, 0.05) is 5.41 Å². The van der Waals surface area contributed by atoms with Crippen LogP contribution in [0, 0.1) is 0 Å². The van der Waals surface area contributed by atoms with Gasteiger partial charge < -0.3 is 0 Å². The van der Waals surface area contributed by atoms with Gasteiger partial charge >= 0.3 is 0 Å². The maximum absolute atomic E-state index is 10.5. The minimum Gasteiger partial charge on any atom is -0.232 e. The molecule has 0 unspecified atom stereocenters. The van der Waals surface area contributed by atoms with Crippen molar-refractivity contribution in [2.24, 2.45) is 0 Å². The molecule has 3 nitrogen and oxygen atoms in total. The van der Waals surface area contributed by atoms with Crippen LogP contribution in [-0.2, 0) is 14.9 Å². The summed E-state index contributed by atoms with van der Waals surface area (Å²) in [7, 11) is -3.06. The number of hydrogen-bond acceptors (Lipinski definition) is 2. The molecule has 0 fully saturated rings. The largest absolute Gasteiger partial charge is 0.232 e. The summed E-state index contributed by atoms with van der Waals surface area (Å²) in [4.78, 5) is 0. The maximum atomic E-state index is 10.5. The van der Waals surface area contributed by atoms with Gasteiger partial charge in [-0.3, -0.25) is 0 Å². The van der Waals surface area contributed by atoms with Crippen LogP contribution in [-0.4, -0.2) is 20.8 Å². The Hall–Kier alpha value is -0.350. The fraction of sp³-hybridized carbons (Fsp3) is 0.600. The monoisotopic (exact) mass is 149 g/mol. The number of hydrogen-bond donors (Lipinski definition) is 0. The summed E-state index contributed by atoms with van der Waals surface area (Å²) in [6, 6.07) is 0. The molecule has 0 bridgehead atoms. The van der Waals surface area contributed by atoms with Crippen LogP contribution in [0.2, 0.25) is 0 Å². The van der Waals surface area contributed by atoms with Crippen molar-refractivity contribution >= 4 is 9.84 Å². The highest BCUT2D eigenvalue weighted by molar-refractivity contribution is 7.94. The van der Waals surface area contributed by atoms with Crippen LogP contribution >= 0.6 is 0 Å². The third-order valence-corrected chi connectivity index (χ3v) is 2.21. The summed E-state index contributed by atoms with van der Waals surface area (Å²) in [6.07, 6.45) is 1.10. The molecule has 9 heavy (non-hydrogen) atoms. The second-order valence-corrected chi connectivity index (χ2v) is 3.67. The molecule has 0 saturated carbocycles. The molecule has 0 aliphatic rings. The highest BCUT2D eigenvalue weighted by Crippen LogP contribution is 1.89. The second kappa shape index (κ2) is 3.63. The summed E-state index contributed by atoms with van der Waals surface area (Å²) in [5, 5.41) is 10.7. The highest BCUT2D eigenvalue weighted by atomic mass is 32.2. The Kier molecular flexibility index (Phi) is 3.49. The molecule has 0 aliphatic heterocycles. The smallest absolute Gasteiger partial charge is 0.171 e. The predicted octanol–water partition coefficient (Wildman–Crippen LogP) is 0.365. The van der Waals surface area contributed by atoms with Gasteiger partial charge in [-0.1, -0.05) is 6.92 Å². The first kappa shape index (κ1) is 8.65. The third-order valence-electron chi connectivity index (χ3n) is 0.802. The molecule has 0 rings (SSSR count). The predicted molar refractivity (Wildman–Crippen MR) is 34.2 cm³/mol. The standard InChI is InChI=1S/C5H9O3S/c1-2-9(7,8)5-3-4-6/h3,5H,2,4H2,1H3/b5-3+. The van der Waals surface area contributed by atoms with Gasteiger partial charge in [-0.25, -0.2) is 13.5 Å². The fourth-order valence-corrected chi connectivity index (χ4v) is 0.846. The zero-order valence-electron chi connectivity index (χ0n) is 5.20. The minimum atomic E-state index is -3.06. The summed E-state index contributed by atoms with van der Waals surface area (Å²) < 4.78 is 21.1. The van der Waals surface area contributed by atoms with E-state index in [9.17, 15) is 13.5 Å². The molecule has 4 heteroatoms. The Balaban J connectivity index is 4.04. The Bertz CT molecular complexity index is 178. The van der Waals surface area contributed by atoms with E-state index in [1.807, 2.05) is 0 Å². The molecule has 0 heterocycles. The average Bonchev–Trinajstić information content (AvgIpc) is 1.84. The molecule has 53 valence electrons. The Morgan fingerprint density at radius 1 is 1.44 bits per heavy atom. The summed E-state index contributed by atoms with van der Waals surface area (Å²) in [6.45, 7) is 1.06. The van der Waals surface area contributed by atoms with Crippen LogP contribution in [0.5, 0.6) is 0 Å². The van der Waals surface area contributed by atoms with E-state index in [0.717, 1.165) is 11.5 Å². The lowest BCUT2D eigenvalue weighted by Gasteiger charge is -1.87. The molecule has 0 atom stereocenters. The van der Waals surface area contributed by atoms with Crippen LogP contribution in [0.1, 0.15) is 6.92 Å². The van der Waals surface area contributed by atoms with E-state index >= 15 is 0 Å². The molecule has 0 aromatic carbocycles. The van der Waals surface area contributed by atoms with Gasteiger partial charge in [-0.05, 0) is 6.08 Å². The summed E-state index contributed by atoms with van der Waals surface area (Å²) >= 11 is 0. The number of rotatable bonds is 3. The molecule has 0 aromatic rings. The zero-order chi connectivity index (χ0) is 7.33. The van der Waals surface area contributed by atoms with Crippen molar-refractivity contribution in [3.05, 3.63) is 11.5 Å².